The fourth-order valence-electron chi connectivity index (χ4n) is 8.79. The van der Waals surface area contributed by atoms with Crippen molar-refractivity contribution in [1.82, 2.24) is 0 Å². The Labute approximate surface area is 490 Å². The average Bonchev–Trinajstić information content (AvgIpc) is 3.53. The first-order chi connectivity index (χ1) is 39.6. The van der Waals surface area contributed by atoms with Crippen LogP contribution in [0.15, 0.2) is 122 Å². The molecule has 12 heteroatoms. The van der Waals surface area contributed by atoms with Gasteiger partial charge < -0.3 is 39.0 Å². The summed E-state index contributed by atoms with van der Waals surface area (Å²) in [5.41, 5.74) is 0. The topological polar surface area (TPSA) is 175 Å². The van der Waals surface area contributed by atoms with Gasteiger partial charge in [0.1, 0.15) is 18.8 Å². The number of carboxylic acid groups (broad SMARTS) is 1. The van der Waals surface area contributed by atoms with E-state index in [1.807, 2.05) is 18.2 Å². The van der Waals surface area contributed by atoms with Crippen molar-refractivity contribution >= 4 is 23.9 Å². The maximum Gasteiger partial charge on any atom is 0.335 e. The molecule has 0 aromatic carbocycles. The highest BCUT2D eigenvalue weighted by atomic mass is 16.7. The standard InChI is InChI=1S/C69H110O12/c1-4-7-10-13-16-19-22-25-28-31-34-37-40-43-46-49-52-55-61(70)77-58-60(79-62(71)56-53-50-47-44-41-38-35-32-29-26-23-20-17-14-11-8-5-2)59-78-69-67(65(74)64(73)66(81-69)68(75)76)80-63(72)57-54-51-48-45-42-39-36-33-30-27-24-21-18-15-12-9-6-3/h7,9-10,12,16,18-19,21,25,27-28,30,34,36-37,39,43,45-46,48,60,64-67,69,73-74H,4-6,8,11,13-15,17,20,22-24,26,29,31-33,35,38,40-42,44,47,49-59H2,1-3H3,(H,75,76)/b10-7-,12-9-,19-16-,21-18-,28-25-,30-27-,37-34-,39-36-,46-43-,48-45-. The van der Waals surface area contributed by atoms with Gasteiger partial charge in [-0.3, -0.25) is 14.4 Å². The lowest BCUT2D eigenvalue weighted by Crippen LogP contribution is -2.61. The Hall–Kier alpha value is -4.88. The minimum atomic E-state index is -1.94. The molecule has 1 saturated heterocycles. The molecule has 458 valence electrons. The number of aliphatic hydroxyl groups excluding tert-OH is 2. The molecule has 0 aromatic rings. The van der Waals surface area contributed by atoms with E-state index >= 15 is 0 Å². The summed E-state index contributed by atoms with van der Waals surface area (Å²) in [6.45, 7) is 5.71. The molecule has 6 atom stereocenters. The number of allylic oxidation sites excluding steroid dienone is 20. The zero-order valence-corrected chi connectivity index (χ0v) is 50.5. The maximum absolute atomic E-state index is 13.2. The predicted octanol–water partition coefficient (Wildman–Crippen LogP) is 16.8. The normalized spacial score (nSPS) is 18.6. The Kier molecular flexibility index (Phi) is 50.9. The summed E-state index contributed by atoms with van der Waals surface area (Å²) in [6, 6.07) is 0. The first kappa shape index (κ1) is 74.1. The molecule has 0 bridgehead atoms. The van der Waals surface area contributed by atoms with E-state index in [2.05, 4.69) is 124 Å². The lowest BCUT2D eigenvalue weighted by molar-refractivity contribution is -0.301. The van der Waals surface area contributed by atoms with E-state index in [4.69, 9.17) is 23.7 Å². The summed E-state index contributed by atoms with van der Waals surface area (Å²) in [4.78, 5) is 51.2. The monoisotopic (exact) mass is 1130 g/mol. The van der Waals surface area contributed by atoms with E-state index in [0.717, 1.165) is 83.5 Å². The fraction of sp³-hybridized carbons (Fsp3) is 0.652. The van der Waals surface area contributed by atoms with E-state index < -0.39 is 67.3 Å². The summed E-state index contributed by atoms with van der Waals surface area (Å²) >= 11 is 0. The first-order valence-electron chi connectivity index (χ1n) is 31.5. The Morgan fingerprint density at radius 2 is 0.778 bits per heavy atom. The second-order valence-corrected chi connectivity index (χ2v) is 20.9. The van der Waals surface area contributed by atoms with Gasteiger partial charge in [0.2, 0.25) is 0 Å². The molecule has 0 radical (unpaired) electrons. The average molecular weight is 1130 g/mol. The van der Waals surface area contributed by atoms with Crippen molar-refractivity contribution in [3.8, 4) is 0 Å². The van der Waals surface area contributed by atoms with E-state index in [9.17, 15) is 34.5 Å². The zero-order valence-electron chi connectivity index (χ0n) is 50.5. The van der Waals surface area contributed by atoms with Crippen LogP contribution in [0.3, 0.4) is 0 Å². The molecule has 3 N–H and O–H groups in total. The van der Waals surface area contributed by atoms with E-state index in [1.165, 1.54) is 83.5 Å². The number of ether oxygens (including phenoxy) is 5. The number of aliphatic carboxylic acids is 1. The van der Waals surface area contributed by atoms with Crippen LogP contribution >= 0.6 is 0 Å². The number of hydrogen-bond acceptors (Lipinski definition) is 11. The third-order valence-corrected chi connectivity index (χ3v) is 13.5. The number of carbonyl (C=O) groups excluding carboxylic acids is 3. The molecule has 1 rings (SSSR count). The molecule has 1 aliphatic heterocycles. The number of carbonyl (C=O) groups is 4. The number of unbranched alkanes of at least 4 members (excludes halogenated alkanes) is 18. The molecule has 0 aromatic heterocycles. The summed E-state index contributed by atoms with van der Waals surface area (Å²) < 4.78 is 28.4. The SMILES string of the molecule is CC/C=C\C/C=C\C/C=C\C/C=C\C/C=C\CCCC(=O)OCC(COC1OC(C(=O)O)C(O)C(O)C1OC(=O)CCC/C=C\C/C=C\C/C=C\C/C=C\C/C=C\CC)OC(=O)CCCCCCCCCCCCCCCCCCC. The number of carboxylic acids is 1. The van der Waals surface area contributed by atoms with Gasteiger partial charge >= 0.3 is 23.9 Å². The van der Waals surface area contributed by atoms with Gasteiger partial charge in [-0.25, -0.2) is 4.79 Å². The van der Waals surface area contributed by atoms with Gasteiger partial charge in [-0.1, -0.05) is 245 Å². The molecule has 12 nitrogen and oxygen atoms in total. The molecular formula is C69H110O12. The minimum absolute atomic E-state index is 0.0284. The van der Waals surface area contributed by atoms with Crippen molar-refractivity contribution < 1.29 is 58.2 Å². The summed E-state index contributed by atoms with van der Waals surface area (Å²) in [6.07, 6.45) is 64.6. The zero-order chi connectivity index (χ0) is 58.9. The highest BCUT2D eigenvalue weighted by Gasteiger charge is 2.50. The molecule has 1 aliphatic rings. The van der Waals surface area contributed by atoms with E-state index in [1.54, 1.807) is 0 Å². The van der Waals surface area contributed by atoms with Gasteiger partial charge in [-0.15, -0.1) is 0 Å². The molecular weight excluding hydrogens is 1020 g/mol. The molecule has 0 aliphatic carbocycles. The lowest BCUT2D eigenvalue weighted by Gasteiger charge is -2.40. The molecule has 1 heterocycles. The van der Waals surface area contributed by atoms with Crippen molar-refractivity contribution in [2.24, 2.45) is 0 Å². The number of rotatable bonds is 52. The third kappa shape index (κ3) is 45.3. The third-order valence-electron chi connectivity index (χ3n) is 13.5. The van der Waals surface area contributed by atoms with Crippen LogP contribution in [0.1, 0.15) is 239 Å². The van der Waals surface area contributed by atoms with Crippen LogP contribution in [0.5, 0.6) is 0 Å². The first-order valence-corrected chi connectivity index (χ1v) is 31.5. The van der Waals surface area contributed by atoms with Crippen molar-refractivity contribution in [3.63, 3.8) is 0 Å². The van der Waals surface area contributed by atoms with Gasteiger partial charge in [0, 0.05) is 19.3 Å². The Balaban J connectivity index is 2.75. The van der Waals surface area contributed by atoms with Crippen LogP contribution in [0.2, 0.25) is 0 Å². The van der Waals surface area contributed by atoms with Crippen LogP contribution in [0.4, 0.5) is 0 Å². The predicted molar refractivity (Wildman–Crippen MR) is 330 cm³/mol. The number of hydrogen-bond donors (Lipinski definition) is 3. The second kappa shape index (κ2) is 55.6. The summed E-state index contributed by atoms with van der Waals surface area (Å²) in [5, 5.41) is 31.5. The Morgan fingerprint density at radius 3 is 1.17 bits per heavy atom. The fourth-order valence-corrected chi connectivity index (χ4v) is 8.79. The van der Waals surface area contributed by atoms with E-state index in [-0.39, 0.29) is 25.9 Å². The van der Waals surface area contributed by atoms with Gasteiger partial charge in [0.15, 0.2) is 24.6 Å². The van der Waals surface area contributed by atoms with Gasteiger partial charge in [-0.2, -0.15) is 0 Å². The van der Waals surface area contributed by atoms with E-state index in [0.29, 0.717) is 32.1 Å². The smallest absolute Gasteiger partial charge is 0.335 e. The quantitative estimate of drug-likeness (QED) is 0.0228. The van der Waals surface area contributed by atoms with Crippen LogP contribution in [0.25, 0.3) is 0 Å². The Morgan fingerprint density at radius 1 is 0.420 bits per heavy atom. The van der Waals surface area contributed by atoms with Crippen LogP contribution < -0.4 is 0 Å². The molecule has 0 spiro atoms. The molecule has 0 amide bonds. The van der Waals surface area contributed by atoms with Crippen molar-refractivity contribution in [2.45, 2.75) is 276 Å². The van der Waals surface area contributed by atoms with Gasteiger partial charge in [0.05, 0.1) is 6.61 Å². The highest BCUT2D eigenvalue weighted by Crippen LogP contribution is 2.26. The van der Waals surface area contributed by atoms with Crippen LogP contribution in [-0.4, -0.2) is 89.2 Å². The second-order valence-electron chi connectivity index (χ2n) is 20.9. The number of esters is 3. The molecule has 81 heavy (non-hydrogen) atoms. The van der Waals surface area contributed by atoms with Gasteiger partial charge in [0.25, 0.3) is 0 Å². The highest BCUT2D eigenvalue weighted by molar-refractivity contribution is 5.74. The van der Waals surface area contributed by atoms with Crippen molar-refractivity contribution in [3.05, 3.63) is 122 Å². The minimum Gasteiger partial charge on any atom is -0.479 e. The van der Waals surface area contributed by atoms with Crippen LogP contribution in [0, 0.1) is 0 Å². The van der Waals surface area contributed by atoms with Crippen LogP contribution in [-0.2, 0) is 42.9 Å². The lowest BCUT2D eigenvalue weighted by atomic mass is 9.98. The summed E-state index contributed by atoms with van der Waals surface area (Å²) in [5.74, 6) is -3.28. The van der Waals surface area contributed by atoms with Crippen molar-refractivity contribution in [2.75, 3.05) is 13.2 Å². The maximum atomic E-state index is 13.2. The molecule has 1 fully saturated rings. The summed E-state index contributed by atoms with van der Waals surface area (Å²) in [7, 11) is 0. The largest absolute Gasteiger partial charge is 0.479 e. The molecule has 0 saturated carbocycles. The van der Waals surface area contributed by atoms with Gasteiger partial charge in [-0.05, 0) is 96.3 Å². The van der Waals surface area contributed by atoms with Crippen molar-refractivity contribution in [1.29, 1.82) is 0 Å². The Bertz CT molecular complexity index is 1870. The molecule has 6 unspecified atom stereocenters. The number of aliphatic hydroxyl groups is 2.